The van der Waals surface area contributed by atoms with Gasteiger partial charge in [-0.3, -0.25) is 0 Å². The van der Waals surface area contributed by atoms with E-state index in [9.17, 15) is 5.11 Å². The average Bonchev–Trinajstić information content (AvgIpc) is 2.41. The predicted octanol–water partition coefficient (Wildman–Crippen LogP) is 3.21. The first kappa shape index (κ1) is 19.1. The molecule has 0 radical (unpaired) electrons. The van der Waals surface area contributed by atoms with Gasteiger partial charge in [-0.05, 0) is 25.3 Å². The summed E-state index contributed by atoms with van der Waals surface area (Å²) in [5.74, 6) is -0.00990. The van der Waals surface area contributed by atoms with Gasteiger partial charge in [-0.1, -0.05) is 50.1 Å². The van der Waals surface area contributed by atoms with Crippen molar-refractivity contribution in [2.75, 3.05) is 20.8 Å². The highest BCUT2D eigenvalue weighted by atomic mass is 16.4. The van der Waals surface area contributed by atoms with Crippen LogP contribution in [0.5, 0.6) is 0 Å². The molecule has 0 aliphatic heterocycles. The van der Waals surface area contributed by atoms with Crippen LogP contribution < -0.4 is 5.73 Å². The molecule has 1 rings (SSSR count). The Morgan fingerprint density at radius 1 is 1.30 bits per heavy atom. The highest BCUT2D eigenvalue weighted by Crippen LogP contribution is 2.37. The zero-order chi connectivity index (χ0) is 15.4. The number of hydrogen-bond donors (Lipinski definition) is 2. The first-order valence-electron chi connectivity index (χ1n) is 7.36. The molecule has 1 fully saturated rings. The molecule has 0 bridgehead atoms. The molecule has 0 saturated heterocycles. The van der Waals surface area contributed by atoms with Crippen LogP contribution in [0.1, 0.15) is 39.0 Å². The van der Waals surface area contributed by atoms with Crippen molar-refractivity contribution in [3.63, 3.8) is 0 Å². The van der Waals surface area contributed by atoms with Gasteiger partial charge in [0, 0.05) is 26.7 Å². The average molecular weight is 281 g/mol. The highest BCUT2D eigenvalue weighted by Gasteiger charge is 2.37. The molecule has 3 N–H and O–H groups in total. The van der Waals surface area contributed by atoms with Crippen LogP contribution in [-0.2, 0) is 4.74 Å². The summed E-state index contributed by atoms with van der Waals surface area (Å²) in [6.07, 6.45) is 13.0. The third kappa shape index (κ3) is 6.51. The maximum Gasteiger partial charge on any atom is 0.0727 e. The minimum absolute atomic E-state index is 0.00990. The second kappa shape index (κ2) is 10.8. The second-order valence-electron chi connectivity index (χ2n) is 5.32. The molecule has 0 heterocycles. The first-order chi connectivity index (χ1) is 9.55. The monoisotopic (exact) mass is 281 g/mol. The molecule has 1 saturated carbocycles. The molecule has 0 aromatic heterocycles. The molecule has 0 aromatic rings. The quantitative estimate of drug-likeness (QED) is 0.761. The van der Waals surface area contributed by atoms with Crippen LogP contribution in [0.25, 0.3) is 0 Å². The van der Waals surface area contributed by atoms with E-state index in [1.54, 1.807) is 14.2 Å². The molecular formula is C17H31NO2. The van der Waals surface area contributed by atoms with Crippen molar-refractivity contribution >= 4 is 0 Å². The van der Waals surface area contributed by atoms with Gasteiger partial charge in [0.1, 0.15) is 0 Å². The van der Waals surface area contributed by atoms with E-state index in [-0.39, 0.29) is 5.92 Å². The summed E-state index contributed by atoms with van der Waals surface area (Å²) in [5, 5.41) is 10.7. The Hall–Kier alpha value is -0.900. The van der Waals surface area contributed by atoms with Crippen LogP contribution >= 0.6 is 0 Å². The topological polar surface area (TPSA) is 55.5 Å². The highest BCUT2D eigenvalue weighted by molar-refractivity contribution is 5.25. The summed E-state index contributed by atoms with van der Waals surface area (Å²) in [6.45, 7) is 6.50. The predicted molar refractivity (Wildman–Crippen MR) is 86.6 cm³/mol. The van der Waals surface area contributed by atoms with Crippen LogP contribution in [0.3, 0.4) is 0 Å². The van der Waals surface area contributed by atoms with Gasteiger partial charge in [-0.2, -0.15) is 0 Å². The van der Waals surface area contributed by atoms with Crippen molar-refractivity contribution < 1.29 is 9.84 Å². The third-order valence-corrected chi connectivity index (χ3v) is 3.67. The van der Waals surface area contributed by atoms with E-state index in [1.165, 1.54) is 6.42 Å². The van der Waals surface area contributed by atoms with Crippen molar-refractivity contribution in [3.8, 4) is 0 Å². The Kier molecular flexibility index (Phi) is 10.3. The van der Waals surface area contributed by atoms with Crippen molar-refractivity contribution in [3.05, 3.63) is 36.5 Å². The zero-order valence-electron chi connectivity index (χ0n) is 13.3. The Morgan fingerprint density at radius 3 is 2.30 bits per heavy atom. The molecule has 1 aliphatic carbocycles. The molecule has 20 heavy (non-hydrogen) atoms. The number of nitrogens with two attached hydrogens (primary N) is 1. The Morgan fingerprint density at radius 2 is 1.85 bits per heavy atom. The van der Waals surface area contributed by atoms with Gasteiger partial charge in [0.2, 0.25) is 0 Å². The van der Waals surface area contributed by atoms with Gasteiger partial charge in [0.05, 0.1) is 5.60 Å². The molecule has 3 nitrogen and oxygen atoms in total. The molecular weight excluding hydrogens is 250 g/mol. The van der Waals surface area contributed by atoms with Crippen LogP contribution in [0.15, 0.2) is 36.5 Å². The minimum atomic E-state index is -0.635. The summed E-state index contributed by atoms with van der Waals surface area (Å²) in [7, 11) is 3.25. The fourth-order valence-corrected chi connectivity index (χ4v) is 2.63. The molecule has 0 spiro atoms. The number of rotatable bonds is 5. The zero-order valence-corrected chi connectivity index (χ0v) is 13.3. The molecule has 116 valence electrons. The van der Waals surface area contributed by atoms with Crippen LogP contribution in [-0.4, -0.2) is 31.5 Å². The second-order valence-corrected chi connectivity index (χ2v) is 5.32. The SMILES string of the molecule is C=C(/C=C\C=C/C)C(CN)C1(O)CCCCC1.COC. The lowest BCUT2D eigenvalue weighted by Crippen LogP contribution is -2.44. The largest absolute Gasteiger partial charge is 0.389 e. The number of methoxy groups -OCH3 is 1. The number of aliphatic hydroxyl groups is 1. The summed E-state index contributed by atoms with van der Waals surface area (Å²) in [5.41, 5.74) is 6.13. The standard InChI is InChI=1S/C15H25NO.C2H6O/c1-3-4-6-9-13(2)14(12-16)15(17)10-7-5-8-11-15;1-3-2/h3-4,6,9,14,17H,2,5,7-8,10-12,16H2,1H3;1-2H3/b4-3-,9-6-;. The molecule has 3 heteroatoms. The van der Waals surface area contributed by atoms with Gasteiger partial charge in [-0.15, -0.1) is 0 Å². The maximum atomic E-state index is 10.7. The van der Waals surface area contributed by atoms with Crippen molar-refractivity contribution in [1.82, 2.24) is 0 Å². The normalized spacial score (nSPS) is 19.6. The van der Waals surface area contributed by atoms with E-state index in [4.69, 9.17) is 5.73 Å². The van der Waals surface area contributed by atoms with Crippen molar-refractivity contribution in [2.45, 2.75) is 44.6 Å². The Bertz CT molecular complexity index is 315. The fraction of sp³-hybridized carbons (Fsp3) is 0.647. The van der Waals surface area contributed by atoms with Gasteiger partial charge in [0.25, 0.3) is 0 Å². The lowest BCUT2D eigenvalue weighted by molar-refractivity contribution is -0.0326. The van der Waals surface area contributed by atoms with Gasteiger partial charge in [0.15, 0.2) is 0 Å². The summed E-state index contributed by atoms with van der Waals surface area (Å²) < 4.78 is 4.25. The molecule has 1 unspecified atom stereocenters. The summed E-state index contributed by atoms with van der Waals surface area (Å²) in [6, 6.07) is 0. The number of ether oxygens (including phenoxy) is 1. The summed E-state index contributed by atoms with van der Waals surface area (Å²) >= 11 is 0. The molecule has 1 atom stereocenters. The molecule has 0 aromatic carbocycles. The number of allylic oxidation sites excluding steroid dienone is 4. The smallest absolute Gasteiger partial charge is 0.0727 e. The molecule has 0 amide bonds. The van der Waals surface area contributed by atoms with E-state index in [0.29, 0.717) is 6.54 Å². The van der Waals surface area contributed by atoms with Crippen molar-refractivity contribution in [1.29, 1.82) is 0 Å². The Labute approximate surface area is 124 Å². The van der Waals surface area contributed by atoms with E-state index < -0.39 is 5.60 Å². The summed E-state index contributed by atoms with van der Waals surface area (Å²) in [4.78, 5) is 0. The van der Waals surface area contributed by atoms with E-state index in [1.807, 2.05) is 31.2 Å². The van der Waals surface area contributed by atoms with Gasteiger partial charge >= 0.3 is 0 Å². The lowest BCUT2D eigenvalue weighted by Gasteiger charge is -2.39. The Balaban J connectivity index is 0.00000110. The number of hydrogen-bond acceptors (Lipinski definition) is 3. The van der Waals surface area contributed by atoms with Gasteiger partial charge in [-0.25, -0.2) is 0 Å². The maximum absolute atomic E-state index is 10.7. The van der Waals surface area contributed by atoms with E-state index in [0.717, 1.165) is 31.3 Å². The van der Waals surface area contributed by atoms with E-state index in [2.05, 4.69) is 11.3 Å². The van der Waals surface area contributed by atoms with Crippen LogP contribution in [0.4, 0.5) is 0 Å². The fourth-order valence-electron chi connectivity index (χ4n) is 2.63. The van der Waals surface area contributed by atoms with E-state index >= 15 is 0 Å². The lowest BCUT2D eigenvalue weighted by atomic mass is 9.73. The van der Waals surface area contributed by atoms with Gasteiger partial charge < -0.3 is 15.6 Å². The molecule has 1 aliphatic rings. The van der Waals surface area contributed by atoms with Crippen LogP contribution in [0, 0.1) is 5.92 Å². The first-order valence-corrected chi connectivity index (χ1v) is 7.36. The van der Waals surface area contributed by atoms with Crippen molar-refractivity contribution in [2.24, 2.45) is 11.7 Å². The minimum Gasteiger partial charge on any atom is -0.389 e. The third-order valence-electron chi connectivity index (χ3n) is 3.67. The van der Waals surface area contributed by atoms with Crippen LogP contribution in [0.2, 0.25) is 0 Å².